The van der Waals surface area contributed by atoms with Crippen LogP contribution in [-0.4, -0.2) is 14.3 Å². The highest BCUT2D eigenvalue weighted by atomic mass is 32.2. The molecule has 0 aliphatic carbocycles. The van der Waals surface area contributed by atoms with Crippen LogP contribution in [0.3, 0.4) is 0 Å². The first kappa shape index (κ1) is 16.0. The second kappa shape index (κ2) is 6.19. The summed E-state index contributed by atoms with van der Waals surface area (Å²) in [5, 5.41) is 0. The zero-order valence-electron chi connectivity index (χ0n) is 12.7. The van der Waals surface area contributed by atoms with Crippen molar-refractivity contribution in [2.45, 2.75) is 25.7 Å². The van der Waals surface area contributed by atoms with E-state index in [2.05, 4.69) is 5.43 Å². The lowest BCUT2D eigenvalue weighted by Crippen LogP contribution is -2.45. The Morgan fingerprint density at radius 2 is 1.36 bits per heavy atom. The number of benzene rings is 2. The Balaban J connectivity index is 2.50. The lowest BCUT2D eigenvalue weighted by atomic mass is 10.2. The number of hydrazine groups is 1. The van der Waals surface area contributed by atoms with Crippen molar-refractivity contribution < 1.29 is 13.2 Å². The zero-order valence-corrected chi connectivity index (χ0v) is 13.5. The van der Waals surface area contributed by atoms with E-state index in [0.717, 1.165) is 15.5 Å². The smallest absolute Gasteiger partial charge is 0.274 e. The van der Waals surface area contributed by atoms with Gasteiger partial charge in [0.1, 0.15) is 0 Å². The molecular weight excluding hydrogens is 300 g/mol. The molecule has 0 spiro atoms. The maximum atomic E-state index is 12.8. The summed E-state index contributed by atoms with van der Waals surface area (Å²) >= 11 is 0. The Morgan fingerprint density at radius 1 is 0.909 bits per heavy atom. The second-order valence-electron chi connectivity index (χ2n) is 5.09. The van der Waals surface area contributed by atoms with E-state index in [4.69, 9.17) is 0 Å². The summed E-state index contributed by atoms with van der Waals surface area (Å²) in [6.45, 7) is 5.05. The number of rotatable bonds is 4. The number of nitrogens with one attached hydrogen (secondary N) is 1. The maximum absolute atomic E-state index is 12.8. The van der Waals surface area contributed by atoms with E-state index in [0.29, 0.717) is 5.69 Å². The van der Waals surface area contributed by atoms with E-state index in [1.807, 2.05) is 13.8 Å². The van der Waals surface area contributed by atoms with Crippen molar-refractivity contribution in [1.29, 1.82) is 0 Å². The van der Waals surface area contributed by atoms with Gasteiger partial charge in [-0.2, -0.15) is 12.8 Å². The molecule has 0 aliphatic heterocycles. The molecule has 0 heterocycles. The number of amides is 1. The Hall–Kier alpha value is -2.34. The molecule has 0 atom stereocenters. The van der Waals surface area contributed by atoms with Gasteiger partial charge in [-0.1, -0.05) is 35.4 Å². The van der Waals surface area contributed by atoms with Crippen LogP contribution in [0.5, 0.6) is 0 Å². The topological polar surface area (TPSA) is 66.5 Å². The van der Waals surface area contributed by atoms with Gasteiger partial charge >= 0.3 is 0 Å². The summed E-state index contributed by atoms with van der Waals surface area (Å²) in [4.78, 5) is 11.5. The van der Waals surface area contributed by atoms with Crippen molar-refractivity contribution in [3.05, 3.63) is 59.7 Å². The third kappa shape index (κ3) is 3.46. The van der Waals surface area contributed by atoms with Gasteiger partial charge in [0.15, 0.2) is 0 Å². The quantitative estimate of drug-likeness (QED) is 0.881. The highest BCUT2D eigenvalue weighted by Crippen LogP contribution is 2.22. The third-order valence-electron chi connectivity index (χ3n) is 3.09. The van der Waals surface area contributed by atoms with Crippen LogP contribution in [0.2, 0.25) is 0 Å². The van der Waals surface area contributed by atoms with Gasteiger partial charge in [-0.15, -0.1) is 0 Å². The predicted molar refractivity (Wildman–Crippen MR) is 85.8 cm³/mol. The molecule has 22 heavy (non-hydrogen) atoms. The fourth-order valence-corrected chi connectivity index (χ4v) is 3.24. The summed E-state index contributed by atoms with van der Waals surface area (Å²) < 4.78 is 26.5. The molecule has 2 rings (SSSR count). The van der Waals surface area contributed by atoms with Crippen LogP contribution in [0, 0.1) is 13.8 Å². The molecule has 6 heteroatoms. The van der Waals surface area contributed by atoms with Gasteiger partial charge < -0.3 is 0 Å². The van der Waals surface area contributed by atoms with Gasteiger partial charge in [0, 0.05) is 6.92 Å². The molecule has 0 saturated carbocycles. The SMILES string of the molecule is CC(=O)NN(c1ccc(C)cc1)S(=O)(=O)c1ccc(C)cc1. The standard InChI is InChI=1S/C16H18N2O3S/c1-12-4-8-15(9-5-12)18(17-14(3)19)22(20,21)16-10-6-13(2)7-11-16/h4-11H,1-3H3,(H,17,19). The molecule has 0 aromatic heterocycles. The van der Waals surface area contributed by atoms with Crippen LogP contribution < -0.4 is 9.84 Å². The molecule has 0 radical (unpaired) electrons. The molecule has 0 fully saturated rings. The molecule has 116 valence electrons. The van der Waals surface area contributed by atoms with Gasteiger partial charge in [0.25, 0.3) is 10.0 Å². The number of carbonyl (C=O) groups excluding carboxylic acids is 1. The van der Waals surface area contributed by atoms with Crippen LogP contribution >= 0.6 is 0 Å². The first-order chi connectivity index (χ1) is 10.3. The average Bonchev–Trinajstić information content (AvgIpc) is 2.46. The lowest BCUT2D eigenvalue weighted by molar-refractivity contribution is -0.118. The second-order valence-corrected chi connectivity index (χ2v) is 6.87. The van der Waals surface area contributed by atoms with Crippen LogP contribution in [0.15, 0.2) is 53.4 Å². The van der Waals surface area contributed by atoms with Crippen LogP contribution in [0.4, 0.5) is 5.69 Å². The van der Waals surface area contributed by atoms with Crippen molar-refractivity contribution in [3.63, 3.8) is 0 Å². The minimum Gasteiger partial charge on any atom is -0.274 e. The van der Waals surface area contributed by atoms with E-state index in [-0.39, 0.29) is 4.90 Å². The van der Waals surface area contributed by atoms with Crippen molar-refractivity contribution in [1.82, 2.24) is 5.43 Å². The fraction of sp³-hybridized carbons (Fsp3) is 0.188. The van der Waals surface area contributed by atoms with Gasteiger partial charge in [-0.25, -0.2) is 0 Å². The number of sulfonamides is 1. The van der Waals surface area contributed by atoms with E-state index in [1.54, 1.807) is 36.4 Å². The van der Waals surface area contributed by atoms with E-state index in [1.165, 1.54) is 19.1 Å². The fourth-order valence-electron chi connectivity index (χ4n) is 1.90. The monoisotopic (exact) mass is 318 g/mol. The first-order valence-corrected chi connectivity index (χ1v) is 8.20. The van der Waals surface area contributed by atoms with Gasteiger partial charge in [-0.3, -0.25) is 10.2 Å². The Bertz CT molecular complexity index is 766. The Labute approximate surface area is 130 Å². The molecule has 2 aromatic carbocycles. The maximum Gasteiger partial charge on any atom is 0.281 e. The number of hydrogen-bond acceptors (Lipinski definition) is 3. The number of nitrogens with zero attached hydrogens (tertiary/aromatic N) is 1. The average molecular weight is 318 g/mol. The summed E-state index contributed by atoms with van der Waals surface area (Å²) in [5.74, 6) is -0.462. The Morgan fingerprint density at radius 3 is 1.82 bits per heavy atom. The van der Waals surface area contributed by atoms with Crippen molar-refractivity contribution in [3.8, 4) is 0 Å². The van der Waals surface area contributed by atoms with Gasteiger partial charge in [-0.05, 0) is 38.1 Å². The lowest BCUT2D eigenvalue weighted by Gasteiger charge is -2.24. The zero-order chi connectivity index (χ0) is 16.3. The third-order valence-corrected chi connectivity index (χ3v) is 4.74. The normalized spacial score (nSPS) is 11.0. The molecule has 1 N–H and O–H groups in total. The van der Waals surface area contributed by atoms with Crippen molar-refractivity contribution in [2.24, 2.45) is 0 Å². The molecule has 0 aliphatic rings. The summed E-state index contributed by atoms with van der Waals surface area (Å²) in [6.07, 6.45) is 0. The predicted octanol–water partition coefficient (Wildman–Crippen LogP) is 2.55. The van der Waals surface area contributed by atoms with Crippen LogP contribution in [0.1, 0.15) is 18.1 Å². The molecule has 2 aromatic rings. The molecule has 5 nitrogen and oxygen atoms in total. The van der Waals surface area contributed by atoms with Crippen molar-refractivity contribution in [2.75, 3.05) is 4.41 Å². The summed E-state index contributed by atoms with van der Waals surface area (Å²) in [5.41, 5.74) is 4.71. The first-order valence-electron chi connectivity index (χ1n) is 6.76. The molecule has 0 saturated heterocycles. The summed E-state index contributed by atoms with van der Waals surface area (Å²) in [7, 11) is -3.88. The highest BCUT2D eigenvalue weighted by molar-refractivity contribution is 7.92. The minimum atomic E-state index is -3.88. The summed E-state index contributed by atoms with van der Waals surface area (Å²) in [6, 6.07) is 13.3. The highest BCUT2D eigenvalue weighted by Gasteiger charge is 2.25. The van der Waals surface area contributed by atoms with Gasteiger partial charge in [0.05, 0.1) is 10.6 Å². The van der Waals surface area contributed by atoms with E-state index < -0.39 is 15.9 Å². The minimum absolute atomic E-state index is 0.118. The van der Waals surface area contributed by atoms with Crippen molar-refractivity contribution >= 4 is 21.6 Å². The molecule has 0 bridgehead atoms. The number of hydrogen-bond donors (Lipinski definition) is 1. The van der Waals surface area contributed by atoms with E-state index in [9.17, 15) is 13.2 Å². The van der Waals surface area contributed by atoms with Gasteiger partial charge in [0.2, 0.25) is 5.91 Å². The largest absolute Gasteiger partial charge is 0.281 e. The molecule has 0 unspecified atom stereocenters. The number of aryl methyl sites for hydroxylation is 2. The number of carbonyl (C=O) groups is 1. The Kier molecular flexibility index (Phi) is 4.51. The van der Waals surface area contributed by atoms with Crippen LogP contribution in [-0.2, 0) is 14.8 Å². The van der Waals surface area contributed by atoms with E-state index >= 15 is 0 Å². The number of anilines is 1. The van der Waals surface area contributed by atoms with Crippen LogP contribution in [0.25, 0.3) is 0 Å². The molecular formula is C16H18N2O3S. The molecule has 1 amide bonds.